The number of ether oxygens (including phenoxy) is 2. The minimum absolute atomic E-state index is 0.131. The summed E-state index contributed by atoms with van der Waals surface area (Å²) in [5.41, 5.74) is 0. The van der Waals surface area contributed by atoms with Crippen LogP contribution in [0.5, 0.6) is 0 Å². The molecule has 0 aromatic rings. The second-order valence-electron chi connectivity index (χ2n) is 4.84. The maximum atomic E-state index is 11.7. The van der Waals surface area contributed by atoms with E-state index in [0.717, 1.165) is 0 Å². The van der Waals surface area contributed by atoms with Gasteiger partial charge in [-0.2, -0.15) is 0 Å². The third-order valence-electron chi connectivity index (χ3n) is 2.74. The molecule has 1 saturated heterocycles. The van der Waals surface area contributed by atoms with Gasteiger partial charge < -0.3 is 19.9 Å². The van der Waals surface area contributed by atoms with E-state index in [-0.39, 0.29) is 25.0 Å². The predicted octanol–water partition coefficient (Wildman–Crippen LogP) is 0.265. The quantitative estimate of drug-likeness (QED) is 0.715. The molecule has 1 aliphatic rings. The van der Waals surface area contributed by atoms with E-state index in [4.69, 9.17) is 14.6 Å². The molecule has 0 aromatic heterocycles. The topological polar surface area (TPSA) is 84.9 Å². The van der Waals surface area contributed by atoms with Crippen LogP contribution in [0.2, 0.25) is 0 Å². The van der Waals surface area contributed by atoms with Crippen molar-refractivity contribution in [1.29, 1.82) is 0 Å². The zero-order valence-electron chi connectivity index (χ0n) is 10.8. The summed E-state index contributed by atoms with van der Waals surface area (Å²) in [5, 5.41) is 11.7. The Morgan fingerprint density at radius 1 is 1.39 bits per heavy atom. The molecule has 18 heavy (non-hydrogen) atoms. The zero-order chi connectivity index (χ0) is 13.5. The van der Waals surface area contributed by atoms with Crippen LogP contribution in [0.4, 0.5) is 0 Å². The molecular formula is C12H21NO5. The summed E-state index contributed by atoms with van der Waals surface area (Å²) in [7, 11) is 0. The molecule has 2 N–H and O–H groups in total. The Bertz CT molecular complexity index is 286. The van der Waals surface area contributed by atoms with Crippen LogP contribution in [0.3, 0.4) is 0 Å². The Morgan fingerprint density at radius 2 is 2.11 bits per heavy atom. The molecule has 2 atom stereocenters. The first kappa shape index (κ1) is 14.9. The van der Waals surface area contributed by atoms with E-state index in [1.807, 2.05) is 13.8 Å². The number of nitrogens with one attached hydrogen (secondary N) is 1. The molecule has 6 heteroatoms. The first-order chi connectivity index (χ1) is 8.50. The number of carboxylic acids is 1. The number of amides is 1. The van der Waals surface area contributed by atoms with Crippen LogP contribution in [-0.2, 0) is 19.1 Å². The second kappa shape index (κ2) is 7.33. The van der Waals surface area contributed by atoms with E-state index in [0.29, 0.717) is 19.6 Å². The van der Waals surface area contributed by atoms with Crippen LogP contribution in [0.25, 0.3) is 0 Å². The molecule has 0 radical (unpaired) electrons. The van der Waals surface area contributed by atoms with Gasteiger partial charge in [-0.1, -0.05) is 13.8 Å². The third kappa shape index (κ3) is 5.01. The van der Waals surface area contributed by atoms with Gasteiger partial charge >= 0.3 is 5.97 Å². The molecule has 104 valence electrons. The van der Waals surface area contributed by atoms with Gasteiger partial charge in [-0.05, 0) is 12.3 Å². The normalized spacial score (nSPS) is 21.6. The van der Waals surface area contributed by atoms with Gasteiger partial charge in [0.1, 0.15) is 0 Å². The van der Waals surface area contributed by atoms with Gasteiger partial charge in [-0.15, -0.1) is 0 Å². The number of carbonyl (C=O) groups is 2. The van der Waals surface area contributed by atoms with E-state index in [9.17, 15) is 9.59 Å². The van der Waals surface area contributed by atoms with Crippen molar-refractivity contribution in [2.24, 2.45) is 11.8 Å². The molecule has 1 rings (SSSR count). The van der Waals surface area contributed by atoms with Gasteiger partial charge in [0.05, 0.1) is 25.7 Å². The number of aliphatic carboxylic acids is 1. The predicted molar refractivity (Wildman–Crippen MR) is 64.1 cm³/mol. The highest BCUT2D eigenvalue weighted by Gasteiger charge is 2.25. The summed E-state index contributed by atoms with van der Waals surface area (Å²) in [5.74, 6) is -1.47. The molecule has 1 fully saturated rings. The van der Waals surface area contributed by atoms with Crippen molar-refractivity contribution in [2.45, 2.75) is 26.4 Å². The minimum atomic E-state index is -0.884. The van der Waals surface area contributed by atoms with Crippen molar-refractivity contribution in [3.8, 4) is 0 Å². The highest BCUT2D eigenvalue weighted by Crippen LogP contribution is 2.11. The van der Waals surface area contributed by atoms with Crippen molar-refractivity contribution >= 4 is 11.9 Å². The molecule has 0 unspecified atom stereocenters. The second-order valence-corrected chi connectivity index (χ2v) is 4.84. The summed E-state index contributed by atoms with van der Waals surface area (Å²) in [6, 6.07) is 0. The first-order valence-electron chi connectivity index (χ1n) is 6.20. The molecule has 1 amide bonds. The number of rotatable bonds is 6. The molecule has 0 spiro atoms. The zero-order valence-corrected chi connectivity index (χ0v) is 10.8. The summed E-state index contributed by atoms with van der Waals surface area (Å²) in [4.78, 5) is 22.7. The Morgan fingerprint density at radius 3 is 2.61 bits per heavy atom. The van der Waals surface area contributed by atoms with E-state index < -0.39 is 18.0 Å². The molecule has 0 saturated carbocycles. The SMILES string of the molecule is CC(C)C[C@@H](CNC(=O)[C@@H]1COCCO1)C(=O)O. The highest BCUT2D eigenvalue weighted by molar-refractivity contribution is 5.81. The van der Waals surface area contributed by atoms with Crippen LogP contribution in [0.1, 0.15) is 20.3 Å². The van der Waals surface area contributed by atoms with E-state index in [2.05, 4.69) is 5.32 Å². The Hall–Kier alpha value is -1.14. The minimum Gasteiger partial charge on any atom is -0.481 e. The Labute approximate surface area is 107 Å². The van der Waals surface area contributed by atoms with Crippen LogP contribution in [-0.4, -0.2) is 49.5 Å². The Balaban J connectivity index is 2.36. The lowest BCUT2D eigenvalue weighted by atomic mass is 9.97. The number of carboxylic acid groups (broad SMARTS) is 1. The standard InChI is InChI=1S/C12H21NO5/c1-8(2)5-9(12(15)16)6-13-11(14)10-7-17-3-4-18-10/h8-10H,3-7H2,1-2H3,(H,13,14)(H,15,16)/t9-,10-/m0/s1. The Kier molecular flexibility index (Phi) is 6.07. The average Bonchev–Trinajstić information content (AvgIpc) is 2.34. The lowest BCUT2D eigenvalue weighted by molar-refractivity contribution is -0.148. The first-order valence-corrected chi connectivity index (χ1v) is 6.20. The lowest BCUT2D eigenvalue weighted by Gasteiger charge is -2.23. The fourth-order valence-corrected chi connectivity index (χ4v) is 1.82. The fourth-order valence-electron chi connectivity index (χ4n) is 1.82. The molecule has 1 aliphatic heterocycles. The molecular weight excluding hydrogens is 238 g/mol. The van der Waals surface area contributed by atoms with Crippen molar-refractivity contribution < 1.29 is 24.2 Å². The van der Waals surface area contributed by atoms with Gasteiger partial charge in [0, 0.05) is 6.54 Å². The molecule has 0 aliphatic carbocycles. The number of hydrogen-bond donors (Lipinski definition) is 2. The van der Waals surface area contributed by atoms with Gasteiger partial charge in [-0.25, -0.2) is 0 Å². The van der Waals surface area contributed by atoms with Crippen LogP contribution >= 0.6 is 0 Å². The van der Waals surface area contributed by atoms with Gasteiger partial charge in [0.2, 0.25) is 0 Å². The molecule has 0 bridgehead atoms. The van der Waals surface area contributed by atoms with Crippen LogP contribution < -0.4 is 5.32 Å². The summed E-state index contributed by atoms with van der Waals surface area (Å²) in [6.45, 7) is 5.16. The van der Waals surface area contributed by atoms with Crippen molar-refractivity contribution in [3.05, 3.63) is 0 Å². The van der Waals surface area contributed by atoms with Crippen LogP contribution in [0.15, 0.2) is 0 Å². The van der Waals surface area contributed by atoms with Crippen LogP contribution in [0, 0.1) is 11.8 Å². The smallest absolute Gasteiger partial charge is 0.308 e. The lowest BCUT2D eigenvalue weighted by Crippen LogP contribution is -2.45. The number of hydrogen-bond acceptors (Lipinski definition) is 4. The maximum Gasteiger partial charge on any atom is 0.308 e. The van der Waals surface area contributed by atoms with Crippen molar-refractivity contribution in [2.75, 3.05) is 26.4 Å². The summed E-state index contributed by atoms with van der Waals surface area (Å²) < 4.78 is 10.3. The summed E-state index contributed by atoms with van der Waals surface area (Å²) >= 11 is 0. The average molecular weight is 259 g/mol. The summed E-state index contributed by atoms with van der Waals surface area (Å²) in [6.07, 6.45) is -0.0790. The highest BCUT2D eigenvalue weighted by atomic mass is 16.6. The third-order valence-corrected chi connectivity index (χ3v) is 2.74. The van der Waals surface area contributed by atoms with Crippen molar-refractivity contribution in [3.63, 3.8) is 0 Å². The van der Waals surface area contributed by atoms with Gasteiger partial charge in [0.15, 0.2) is 6.10 Å². The molecule has 1 heterocycles. The molecule has 0 aromatic carbocycles. The maximum absolute atomic E-state index is 11.7. The fraction of sp³-hybridized carbons (Fsp3) is 0.833. The monoisotopic (exact) mass is 259 g/mol. The number of carbonyl (C=O) groups excluding carboxylic acids is 1. The van der Waals surface area contributed by atoms with Gasteiger partial charge in [-0.3, -0.25) is 9.59 Å². The largest absolute Gasteiger partial charge is 0.481 e. The van der Waals surface area contributed by atoms with Crippen molar-refractivity contribution in [1.82, 2.24) is 5.32 Å². The van der Waals surface area contributed by atoms with E-state index >= 15 is 0 Å². The van der Waals surface area contributed by atoms with E-state index in [1.165, 1.54) is 0 Å². The van der Waals surface area contributed by atoms with Gasteiger partial charge in [0.25, 0.3) is 5.91 Å². The van der Waals surface area contributed by atoms with E-state index in [1.54, 1.807) is 0 Å². The molecule has 6 nitrogen and oxygen atoms in total.